The highest BCUT2D eigenvalue weighted by Crippen LogP contribution is 2.68. The summed E-state index contributed by atoms with van der Waals surface area (Å²) in [5.74, 6) is -3.24. The third kappa shape index (κ3) is 3.94. The monoisotopic (exact) mass is 475 g/mol. The van der Waals surface area contributed by atoms with Crippen molar-refractivity contribution in [1.82, 2.24) is 4.90 Å². The number of morpholine rings is 1. The predicted molar refractivity (Wildman–Crippen MR) is 123 cm³/mol. The number of carbonyl (C=O) groups is 2. The number of carboxylic acids is 1. The molecule has 3 fully saturated rings. The van der Waals surface area contributed by atoms with Crippen LogP contribution in [-0.4, -0.2) is 54.1 Å². The van der Waals surface area contributed by atoms with E-state index in [1.807, 2.05) is 11.0 Å². The van der Waals surface area contributed by atoms with Gasteiger partial charge in [-0.05, 0) is 85.5 Å². The van der Waals surface area contributed by atoms with Crippen LogP contribution in [0.15, 0.2) is 18.2 Å². The molecule has 5 nitrogen and oxygen atoms in total. The quantitative estimate of drug-likeness (QED) is 0.641. The molecule has 5 rings (SSSR count). The van der Waals surface area contributed by atoms with Gasteiger partial charge in [-0.1, -0.05) is 13.0 Å². The first kappa shape index (κ1) is 23.7. The second-order valence-corrected chi connectivity index (χ2v) is 11.1. The number of aromatic carboxylic acids is 1. The maximum absolute atomic E-state index is 15.4. The fourth-order valence-electron chi connectivity index (χ4n) is 7.72. The predicted octanol–water partition coefficient (Wildman–Crippen LogP) is 5.13. The SMILES string of the molecule is C[C@]12CC[C@@H]3c4ccc(C(=O)O)cc4CC[C@H]3[C@@H]1[C@@H](CCCC(=O)N1CCOCC1)CC2(F)F. The van der Waals surface area contributed by atoms with Crippen molar-refractivity contribution < 1.29 is 28.2 Å². The zero-order chi connectivity index (χ0) is 24.1. The van der Waals surface area contributed by atoms with E-state index >= 15 is 8.78 Å². The molecule has 3 aliphatic carbocycles. The van der Waals surface area contributed by atoms with Crippen molar-refractivity contribution in [3.05, 3.63) is 34.9 Å². The van der Waals surface area contributed by atoms with Crippen LogP contribution in [-0.2, 0) is 16.0 Å². The van der Waals surface area contributed by atoms with Gasteiger partial charge in [0.15, 0.2) is 0 Å². The van der Waals surface area contributed by atoms with Crippen molar-refractivity contribution >= 4 is 11.9 Å². The summed E-state index contributed by atoms with van der Waals surface area (Å²) in [5, 5.41) is 9.36. The van der Waals surface area contributed by atoms with Crippen LogP contribution in [0.1, 0.15) is 79.3 Å². The normalized spacial score (nSPS) is 34.1. The zero-order valence-electron chi connectivity index (χ0n) is 19.9. The van der Waals surface area contributed by atoms with E-state index in [9.17, 15) is 14.7 Å². The molecule has 1 aromatic rings. The molecule has 1 aromatic carbocycles. The summed E-state index contributed by atoms with van der Waals surface area (Å²) in [6.07, 6.45) is 4.47. The Morgan fingerprint density at radius 1 is 1.21 bits per heavy atom. The smallest absolute Gasteiger partial charge is 0.335 e. The summed E-state index contributed by atoms with van der Waals surface area (Å²) in [4.78, 5) is 25.8. The lowest BCUT2D eigenvalue weighted by Crippen LogP contribution is -2.47. The van der Waals surface area contributed by atoms with Crippen LogP contribution in [0, 0.1) is 23.2 Å². The summed E-state index contributed by atoms with van der Waals surface area (Å²) in [6, 6.07) is 5.37. The molecule has 34 heavy (non-hydrogen) atoms. The summed E-state index contributed by atoms with van der Waals surface area (Å²) in [5.41, 5.74) is 1.54. The highest BCUT2D eigenvalue weighted by Gasteiger charge is 2.67. The van der Waals surface area contributed by atoms with Crippen molar-refractivity contribution in [1.29, 1.82) is 0 Å². The van der Waals surface area contributed by atoms with E-state index in [1.165, 1.54) is 5.56 Å². The Balaban J connectivity index is 1.33. The molecule has 1 heterocycles. The molecule has 1 N–H and O–H groups in total. The van der Waals surface area contributed by atoms with E-state index < -0.39 is 17.3 Å². The molecule has 0 spiro atoms. The maximum atomic E-state index is 15.4. The molecular weight excluding hydrogens is 440 g/mol. The Bertz CT molecular complexity index is 960. The minimum absolute atomic E-state index is 0.0629. The summed E-state index contributed by atoms with van der Waals surface area (Å²) >= 11 is 0. The fraction of sp³-hybridized carbons (Fsp3) is 0.704. The second kappa shape index (κ2) is 8.89. The van der Waals surface area contributed by atoms with Crippen LogP contribution in [0.2, 0.25) is 0 Å². The van der Waals surface area contributed by atoms with E-state index in [4.69, 9.17) is 4.74 Å². The number of ether oxygens (including phenoxy) is 1. The average molecular weight is 476 g/mol. The summed E-state index contributed by atoms with van der Waals surface area (Å²) in [7, 11) is 0. The molecule has 1 saturated heterocycles. The van der Waals surface area contributed by atoms with Crippen molar-refractivity contribution in [2.24, 2.45) is 23.2 Å². The number of hydrogen-bond acceptors (Lipinski definition) is 3. The van der Waals surface area contributed by atoms with Crippen molar-refractivity contribution in [2.45, 2.75) is 70.1 Å². The Labute approximate surface area is 199 Å². The molecule has 1 amide bonds. The summed E-state index contributed by atoms with van der Waals surface area (Å²) < 4.78 is 36.2. The number of amides is 1. The van der Waals surface area contributed by atoms with Gasteiger partial charge < -0.3 is 14.7 Å². The van der Waals surface area contributed by atoms with Crippen LogP contribution in [0.3, 0.4) is 0 Å². The lowest BCUT2D eigenvalue weighted by Gasteiger charge is -2.51. The van der Waals surface area contributed by atoms with Gasteiger partial charge in [-0.15, -0.1) is 0 Å². The van der Waals surface area contributed by atoms with Crippen molar-refractivity contribution in [2.75, 3.05) is 26.3 Å². The Morgan fingerprint density at radius 3 is 2.71 bits per heavy atom. The van der Waals surface area contributed by atoms with Gasteiger partial charge in [-0.25, -0.2) is 13.6 Å². The molecule has 0 aromatic heterocycles. The second-order valence-electron chi connectivity index (χ2n) is 11.1. The molecule has 186 valence electrons. The minimum atomic E-state index is -2.69. The van der Waals surface area contributed by atoms with Gasteiger partial charge in [-0.3, -0.25) is 4.79 Å². The van der Waals surface area contributed by atoms with Gasteiger partial charge in [0.05, 0.1) is 18.8 Å². The van der Waals surface area contributed by atoms with Crippen LogP contribution in [0.5, 0.6) is 0 Å². The largest absolute Gasteiger partial charge is 0.478 e. The summed E-state index contributed by atoms with van der Waals surface area (Å²) in [6.45, 7) is 4.18. The lowest BCUT2D eigenvalue weighted by atomic mass is 9.53. The van der Waals surface area contributed by atoms with Gasteiger partial charge >= 0.3 is 5.97 Å². The van der Waals surface area contributed by atoms with E-state index in [1.54, 1.807) is 19.1 Å². The number of hydrogen-bond donors (Lipinski definition) is 1. The number of halogens is 2. The van der Waals surface area contributed by atoms with Crippen molar-refractivity contribution in [3.63, 3.8) is 0 Å². The van der Waals surface area contributed by atoms with E-state index in [-0.39, 0.29) is 36.0 Å². The number of aryl methyl sites for hydroxylation is 1. The topological polar surface area (TPSA) is 66.8 Å². The maximum Gasteiger partial charge on any atom is 0.335 e. The van der Waals surface area contributed by atoms with Gasteiger partial charge in [0.25, 0.3) is 5.92 Å². The molecule has 0 bridgehead atoms. The molecule has 0 radical (unpaired) electrons. The van der Waals surface area contributed by atoms with E-state index in [2.05, 4.69) is 0 Å². The van der Waals surface area contributed by atoms with Crippen LogP contribution in [0.25, 0.3) is 0 Å². The highest BCUT2D eigenvalue weighted by molar-refractivity contribution is 5.88. The highest BCUT2D eigenvalue weighted by atomic mass is 19.3. The van der Waals surface area contributed by atoms with Crippen LogP contribution < -0.4 is 0 Å². The number of rotatable bonds is 5. The molecule has 4 aliphatic rings. The molecule has 1 aliphatic heterocycles. The van der Waals surface area contributed by atoms with Gasteiger partial charge in [0.1, 0.15) is 0 Å². The Kier molecular flexibility index (Phi) is 6.20. The molecular formula is C27H35F2NO4. The number of fused-ring (bicyclic) bond motifs is 5. The number of alkyl halides is 2. The average Bonchev–Trinajstić information content (AvgIpc) is 3.03. The molecule has 7 heteroatoms. The third-order valence-corrected chi connectivity index (χ3v) is 9.42. The first-order valence-corrected chi connectivity index (χ1v) is 12.8. The number of carbonyl (C=O) groups excluding carboxylic acids is 1. The first-order valence-electron chi connectivity index (χ1n) is 12.8. The first-order chi connectivity index (χ1) is 16.2. The zero-order valence-corrected chi connectivity index (χ0v) is 19.9. The Hall–Kier alpha value is -2.02. The molecule has 0 unspecified atom stereocenters. The van der Waals surface area contributed by atoms with Gasteiger partial charge in [0, 0.05) is 31.3 Å². The van der Waals surface area contributed by atoms with E-state index in [0.717, 1.165) is 24.8 Å². The van der Waals surface area contributed by atoms with Crippen LogP contribution in [0.4, 0.5) is 8.78 Å². The van der Waals surface area contributed by atoms with Gasteiger partial charge in [0.2, 0.25) is 5.91 Å². The van der Waals surface area contributed by atoms with Gasteiger partial charge in [-0.2, -0.15) is 0 Å². The standard InChI is InChI=1S/C27H35F2NO4/c1-26-10-9-21-20-7-6-18(25(32)33)15-17(20)5-8-22(21)24(26)19(16-27(26,28)29)3-2-4-23(31)30-11-13-34-14-12-30/h6-7,15,19,21-22,24H,2-5,8-14,16H2,1H3,(H,32,33)/t19-,21+,22+,24-,26-/m0/s1. The minimum Gasteiger partial charge on any atom is -0.478 e. The molecule has 5 atom stereocenters. The van der Waals surface area contributed by atoms with Crippen molar-refractivity contribution in [3.8, 4) is 0 Å². The molecule has 2 saturated carbocycles. The number of nitrogens with zero attached hydrogens (tertiary/aromatic N) is 1. The number of benzene rings is 1. The third-order valence-electron chi connectivity index (χ3n) is 9.42. The fourth-order valence-corrected chi connectivity index (χ4v) is 7.72. The van der Waals surface area contributed by atoms with Crippen LogP contribution >= 0.6 is 0 Å². The van der Waals surface area contributed by atoms with E-state index in [0.29, 0.717) is 57.6 Å². The Morgan fingerprint density at radius 2 is 1.97 bits per heavy atom. The lowest BCUT2D eigenvalue weighted by molar-refractivity contribution is -0.135. The number of carboxylic acid groups (broad SMARTS) is 1.